The summed E-state index contributed by atoms with van der Waals surface area (Å²) in [6.45, 7) is 4.43. The lowest BCUT2D eigenvalue weighted by atomic mass is 10.2. The third-order valence-corrected chi connectivity index (χ3v) is 3.36. The lowest BCUT2D eigenvalue weighted by Gasteiger charge is -2.23. The van der Waals surface area contributed by atoms with Crippen molar-refractivity contribution in [1.82, 2.24) is 9.97 Å². The highest BCUT2D eigenvalue weighted by molar-refractivity contribution is 5.94. The monoisotopic (exact) mass is 269 g/mol. The van der Waals surface area contributed by atoms with Crippen molar-refractivity contribution < 1.29 is 9.90 Å². The number of rotatable bonds is 5. The summed E-state index contributed by atoms with van der Waals surface area (Å²) in [6.07, 6.45) is 4.03. The van der Waals surface area contributed by atoms with Crippen LogP contribution < -0.4 is 4.90 Å². The molecule has 1 aliphatic carbocycles. The number of nitrogens with zero attached hydrogens (tertiary/aromatic N) is 3. The summed E-state index contributed by atoms with van der Waals surface area (Å²) in [4.78, 5) is 21.7. The summed E-state index contributed by atoms with van der Waals surface area (Å²) in [6, 6.07) is 7.92. The fraction of sp³-hybridized carbons (Fsp3) is 0.267. The van der Waals surface area contributed by atoms with Gasteiger partial charge in [-0.15, -0.1) is 6.58 Å². The molecule has 0 spiro atoms. The second kappa shape index (κ2) is 4.92. The zero-order valence-electron chi connectivity index (χ0n) is 11.0. The number of hydrogen-bond acceptors (Lipinski definition) is 4. The largest absolute Gasteiger partial charge is 0.475 e. The molecule has 1 aromatic heterocycles. The molecule has 5 heteroatoms. The van der Waals surface area contributed by atoms with Gasteiger partial charge in [0.25, 0.3) is 0 Å². The van der Waals surface area contributed by atoms with E-state index in [1.807, 2.05) is 30.3 Å². The van der Waals surface area contributed by atoms with E-state index < -0.39 is 5.97 Å². The Kier molecular flexibility index (Phi) is 3.10. The Hall–Kier alpha value is -2.43. The number of anilines is 1. The number of para-hydroxylation sites is 1. The first-order chi connectivity index (χ1) is 9.70. The van der Waals surface area contributed by atoms with Crippen molar-refractivity contribution in [1.29, 1.82) is 0 Å². The highest BCUT2D eigenvalue weighted by Gasteiger charge is 2.31. The Labute approximate surface area is 116 Å². The summed E-state index contributed by atoms with van der Waals surface area (Å²) in [5, 5.41) is 10.1. The molecular formula is C15H15N3O2. The van der Waals surface area contributed by atoms with Crippen molar-refractivity contribution in [2.75, 3.05) is 11.4 Å². The molecule has 1 N–H and O–H groups in total. The van der Waals surface area contributed by atoms with Crippen molar-refractivity contribution in [3.05, 3.63) is 42.7 Å². The normalized spacial score (nSPS) is 14.2. The molecule has 2 aromatic rings. The van der Waals surface area contributed by atoms with Gasteiger partial charge in [0.15, 0.2) is 0 Å². The van der Waals surface area contributed by atoms with Crippen molar-refractivity contribution >= 4 is 22.7 Å². The molecule has 0 saturated heterocycles. The SMILES string of the molecule is C=CCN(c1nc(C(=O)O)nc2ccccc12)C1CC1. The molecule has 0 bridgehead atoms. The van der Waals surface area contributed by atoms with Gasteiger partial charge in [0.1, 0.15) is 5.82 Å². The molecule has 1 aromatic carbocycles. The molecule has 1 heterocycles. The molecule has 0 unspecified atom stereocenters. The molecule has 102 valence electrons. The van der Waals surface area contributed by atoms with Crippen LogP contribution in [-0.2, 0) is 0 Å². The fourth-order valence-corrected chi connectivity index (χ4v) is 2.31. The maximum Gasteiger partial charge on any atom is 0.374 e. The van der Waals surface area contributed by atoms with E-state index in [1.54, 1.807) is 0 Å². The van der Waals surface area contributed by atoms with Gasteiger partial charge in [-0.3, -0.25) is 0 Å². The van der Waals surface area contributed by atoms with Crippen LogP contribution in [0, 0.1) is 0 Å². The first-order valence-electron chi connectivity index (χ1n) is 6.58. The number of carboxylic acids is 1. The van der Waals surface area contributed by atoms with Gasteiger partial charge in [0.05, 0.1) is 5.52 Å². The maximum absolute atomic E-state index is 11.2. The van der Waals surface area contributed by atoms with Gasteiger partial charge in [-0.1, -0.05) is 18.2 Å². The second-order valence-corrected chi connectivity index (χ2v) is 4.87. The van der Waals surface area contributed by atoms with Crippen LogP contribution >= 0.6 is 0 Å². The van der Waals surface area contributed by atoms with Crippen LogP contribution in [-0.4, -0.2) is 33.6 Å². The van der Waals surface area contributed by atoms with Gasteiger partial charge in [0.2, 0.25) is 5.82 Å². The average Bonchev–Trinajstić information content (AvgIpc) is 3.28. The lowest BCUT2D eigenvalue weighted by Crippen LogP contribution is -2.27. The van der Waals surface area contributed by atoms with Gasteiger partial charge in [-0.05, 0) is 25.0 Å². The van der Waals surface area contributed by atoms with Crippen molar-refractivity contribution in [2.45, 2.75) is 18.9 Å². The second-order valence-electron chi connectivity index (χ2n) is 4.87. The Balaban J connectivity index is 2.20. The zero-order chi connectivity index (χ0) is 14.1. The Bertz CT molecular complexity index is 680. The Morgan fingerprint density at radius 1 is 1.40 bits per heavy atom. The van der Waals surface area contributed by atoms with Crippen LogP contribution in [0.2, 0.25) is 0 Å². The molecule has 0 radical (unpaired) electrons. The van der Waals surface area contributed by atoms with E-state index in [0.29, 0.717) is 23.9 Å². The van der Waals surface area contributed by atoms with Crippen molar-refractivity contribution in [3.63, 3.8) is 0 Å². The maximum atomic E-state index is 11.2. The summed E-state index contributed by atoms with van der Waals surface area (Å²) < 4.78 is 0. The molecular weight excluding hydrogens is 254 g/mol. The number of benzene rings is 1. The summed E-state index contributed by atoms with van der Waals surface area (Å²) >= 11 is 0. The minimum atomic E-state index is -1.11. The summed E-state index contributed by atoms with van der Waals surface area (Å²) in [7, 11) is 0. The van der Waals surface area contributed by atoms with E-state index in [-0.39, 0.29) is 5.82 Å². The topological polar surface area (TPSA) is 66.3 Å². The van der Waals surface area contributed by atoms with E-state index in [0.717, 1.165) is 18.2 Å². The molecule has 1 saturated carbocycles. The van der Waals surface area contributed by atoms with E-state index in [9.17, 15) is 9.90 Å². The smallest absolute Gasteiger partial charge is 0.374 e. The number of carboxylic acid groups (broad SMARTS) is 1. The third-order valence-electron chi connectivity index (χ3n) is 3.36. The van der Waals surface area contributed by atoms with Gasteiger partial charge in [-0.2, -0.15) is 0 Å². The highest BCUT2D eigenvalue weighted by Crippen LogP contribution is 2.34. The fourth-order valence-electron chi connectivity index (χ4n) is 2.31. The Morgan fingerprint density at radius 3 is 2.80 bits per heavy atom. The van der Waals surface area contributed by atoms with Crippen LogP contribution in [0.3, 0.4) is 0 Å². The van der Waals surface area contributed by atoms with Crippen LogP contribution in [0.4, 0.5) is 5.82 Å². The van der Waals surface area contributed by atoms with Crippen LogP contribution in [0.15, 0.2) is 36.9 Å². The van der Waals surface area contributed by atoms with Crippen LogP contribution in [0.25, 0.3) is 10.9 Å². The number of aromatic nitrogens is 2. The van der Waals surface area contributed by atoms with E-state index in [1.165, 1.54) is 0 Å². The van der Waals surface area contributed by atoms with E-state index in [2.05, 4.69) is 21.4 Å². The summed E-state index contributed by atoms with van der Waals surface area (Å²) in [5.74, 6) is -0.574. The van der Waals surface area contributed by atoms with Crippen molar-refractivity contribution in [3.8, 4) is 0 Å². The van der Waals surface area contributed by atoms with E-state index in [4.69, 9.17) is 0 Å². The van der Waals surface area contributed by atoms with Gasteiger partial charge < -0.3 is 10.0 Å². The molecule has 0 aliphatic heterocycles. The van der Waals surface area contributed by atoms with Crippen LogP contribution in [0.1, 0.15) is 23.5 Å². The number of carbonyl (C=O) groups is 1. The van der Waals surface area contributed by atoms with E-state index >= 15 is 0 Å². The van der Waals surface area contributed by atoms with Crippen LogP contribution in [0.5, 0.6) is 0 Å². The molecule has 5 nitrogen and oxygen atoms in total. The zero-order valence-corrected chi connectivity index (χ0v) is 11.0. The number of hydrogen-bond donors (Lipinski definition) is 1. The predicted octanol–water partition coefficient (Wildman–Crippen LogP) is 2.48. The number of aromatic carboxylic acids is 1. The molecule has 20 heavy (non-hydrogen) atoms. The van der Waals surface area contributed by atoms with Gasteiger partial charge >= 0.3 is 5.97 Å². The Morgan fingerprint density at radius 2 is 2.15 bits per heavy atom. The molecule has 3 rings (SSSR count). The first kappa shape index (κ1) is 12.6. The van der Waals surface area contributed by atoms with Crippen molar-refractivity contribution in [2.24, 2.45) is 0 Å². The average molecular weight is 269 g/mol. The molecule has 1 fully saturated rings. The quantitative estimate of drug-likeness (QED) is 0.845. The summed E-state index contributed by atoms with van der Waals surface area (Å²) in [5.41, 5.74) is 0.657. The molecule has 1 aliphatic rings. The predicted molar refractivity (Wildman–Crippen MR) is 77.1 cm³/mol. The first-order valence-corrected chi connectivity index (χ1v) is 6.58. The highest BCUT2D eigenvalue weighted by atomic mass is 16.4. The standard InChI is InChI=1S/C15H15N3O2/c1-2-9-18(10-7-8-10)14-11-5-3-4-6-12(11)16-13(17-14)15(19)20/h2-6,10H,1,7-9H2,(H,19,20). The molecule has 0 atom stereocenters. The lowest BCUT2D eigenvalue weighted by molar-refractivity contribution is 0.0684. The molecule has 0 amide bonds. The van der Waals surface area contributed by atoms with Gasteiger partial charge in [0, 0.05) is 18.0 Å². The number of fused-ring (bicyclic) bond motifs is 1. The minimum absolute atomic E-state index is 0.159. The third kappa shape index (κ3) is 2.22. The minimum Gasteiger partial charge on any atom is -0.475 e. The van der Waals surface area contributed by atoms with Gasteiger partial charge in [-0.25, -0.2) is 14.8 Å².